The lowest BCUT2D eigenvalue weighted by molar-refractivity contribution is 0.0490. The van der Waals surface area contributed by atoms with Gasteiger partial charge >= 0.3 is 0 Å². The van der Waals surface area contributed by atoms with E-state index >= 15 is 0 Å². The van der Waals surface area contributed by atoms with Crippen LogP contribution in [0.4, 0.5) is 0 Å². The van der Waals surface area contributed by atoms with E-state index in [4.69, 9.17) is 4.74 Å². The fraction of sp³-hybridized carbons (Fsp3) is 0.368. The van der Waals surface area contributed by atoms with Crippen molar-refractivity contribution < 1.29 is 4.74 Å². The van der Waals surface area contributed by atoms with Crippen LogP contribution in [0.2, 0.25) is 0 Å². The number of rotatable bonds is 4. The first-order valence-corrected chi connectivity index (χ1v) is 8.68. The number of benzene rings is 2. The Morgan fingerprint density at radius 2 is 1.95 bits per heavy atom. The molecule has 2 nitrogen and oxygen atoms in total. The van der Waals surface area contributed by atoms with E-state index in [1.165, 1.54) is 5.56 Å². The van der Waals surface area contributed by atoms with Crippen LogP contribution in [0.25, 0.3) is 0 Å². The maximum atomic E-state index is 6.19. The second-order valence-corrected chi connectivity index (χ2v) is 7.02. The topological polar surface area (TPSA) is 12.5 Å². The summed E-state index contributed by atoms with van der Waals surface area (Å²) in [4.78, 5) is 2.53. The van der Waals surface area contributed by atoms with Crippen LogP contribution < -0.4 is 4.74 Å². The Kier molecular flexibility index (Phi) is 5.16. The van der Waals surface area contributed by atoms with Crippen LogP contribution in [-0.2, 0) is 6.54 Å². The molecule has 0 bridgehead atoms. The highest BCUT2D eigenvalue weighted by atomic mass is 79.9. The zero-order valence-corrected chi connectivity index (χ0v) is 14.5. The highest BCUT2D eigenvalue weighted by Gasteiger charge is 2.27. The third kappa shape index (κ3) is 4.11. The van der Waals surface area contributed by atoms with E-state index in [0.29, 0.717) is 12.0 Å². The number of nitrogens with zero attached hydrogens (tertiary/aromatic N) is 1. The molecular weight excluding hydrogens is 338 g/mol. The molecule has 1 aliphatic rings. The lowest BCUT2D eigenvalue weighted by atomic mass is 9.96. The minimum Gasteiger partial charge on any atom is -0.490 e. The highest BCUT2D eigenvalue weighted by molar-refractivity contribution is 9.10. The van der Waals surface area contributed by atoms with Gasteiger partial charge in [0.15, 0.2) is 0 Å². The number of hydrogen-bond donors (Lipinski definition) is 0. The molecule has 0 aliphatic carbocycles. The molecule has 0 spiro atoms. The second-order valence-electron chi connectivity index (χ2n) is 6.10. The summed E-state index contributed by atoms with van der Waals surface area (Å²) in [6.45, 7) is 5.51. The van der Waals surface area contributed by atoms with Gasteiger partial charge in [0, 0.05) is 30.0 Å². The second kappa shape index (κ2) is 7.30. The Labute approximate surface area is 141 Å². The van der Waals surface area contributed by atoms with Crippen molar-refractivity contribution in [3.63, 3.8) is 0 Å². The van der Waals surface area contributed by atoms with Crippen molar-refractivity contribution in [3.8, 4) is 5.75 Å². The predicted octanol–water partition coefficient (Wildman–Crippen LogP) is 4.74. The maximum absolute atomic E-state index is 6.19. The Morgan fingerprint density at radius 3 is 2.68 bits per heavy atom. The zero-order valence-electron chi connectivity index (χ0n) is 12.9. The minimum atomic E-state index is 0.307. The molecule has 2 aromatic carbocycles. The molecule has 0 unspecified atom stereocenters. The first kappa shape index (κ1) is 15.6. The number of likely N-dealkylation sites (tertiary alicyclic amines) is 1. The van der Waals surface area contributed by atoms with Crippen LogP contribution in [0.1, 0.15) is 18.9 Å². The molecule has 0 saturated carbocycles. The summed E-state index contributed by atoms with van der Waals surface area (Å²) < 4.78 is 7.26. The average molecular weight is 360 g/mol. The first-order valence-electron chi connectivity index (χ1n) is 7.89. The Balaban J connectivity index is 1.56. The fourth-order valence-electron chi connectivity index (χ4n) is 3.09. The molecule has 0 N–H and O–H groups in total. The number of halogens is 1. The standard InChI is InChI=1S/C19H22BrNO/c1-15-13-21(14-16-6-3-2-4-7-16)11-10-19(15)22-18-9-5-8-17(20)12-18/h2-9,12,15,19H,10-11,13-14H2,1H3/t15-,19+/m0/s1. The van der Waals surface area contributed by atoms with Gasteiger partial charge in [-0.2, -0.15) is 0 Å². The van der Waals surface area contributed by atoms with Gasteiger partial charge in [0.2, 0.25) is 0 Å². The van der Waals surface area contributed by atoms with Crippen LogP contribution in [0.5, 0.6) is 5.75 Å². The maximum Gasteiger partial charge on any atom is 0.120 e. The minimum absolute atomic E-state index is 0.307. The Bertz CT molecular complexity index is 601. The molecule has 2 aromatic rings. The van der Waals surface area contributed by atoms with E-state index in [0.717, 1.165) is 36.3 Å². The molecule has 1 saturated heterocycles. The molecule has 0 aromatic heterocycles. The van der Waals surface area contributed by atoms with E-state index in [1.54, 1.807) is 0 Å². The fourth-order valence-corrected chi connectivity index (χ4v) is 3.46. The SMILES string of the molecule is C[C@H]1CN(Cc2ccccc2)CC[C@H]1Oc1cccc(Br)c1. The normalized spacial score (nSPS) is 22.5. The van der Waals surface area contributed by atoms with Crippen LogP contribution >= 0.6 is 15.9 Å². The van der Waals surface area contributed by atoms with Crippen LogP contribution in [0.15, 0.2) is 59.1 Å². The number of hydrogen-bond acceptors (Lipinski definition) is 2. The summed E-state index contributed by atoms with van der Waals surface area (Å²) in [6.07, 6.45) is 1.39. The first-order chi connectivity index (χ1) is 10.7. The van der Waals surface area contributed by atoms with E-state index in [-0.39, 0.29) is 0 Å². The molecule has 2 atom stereocenters. The summed E-state index contributed by atoms with van der Waals surface area (Å²) in [5, 5.41) is 0. The number of ether oxygens (including phenoxy) is 1. The van der Waals surface area contributed by atoms with Crippen molar-refractivity contribution in [2.24, 2.45) is 5.92 Å². The third-order valence-electron chi connectivity index (χ3n) is 4.24. The molecule has 1 fully saturated rings. The van der Waals surface area contributed by atoms with Gasteiger partial charge in [-0.15, -0.1) is 0 Å². The summed E-state index contributed by atoms with van der Waals surface area (Å²) >= 11 is 3.50. The smallest absolute Gasteiger partial charge is 0.120 e. The molecule has 1 heterocycles. The van der Waals surface area contributed by atoms with E-state index < -0.39 is 0 Å². The molecule has 1 aliphatic heterocycles. The van der Waals surface area contributed by atoms with Gasteiger partial charge < -0.3 is 4.74 Å². The molecule has 3 rings (SSSR count). The van der Waals surface area contributed by atoms with Crippen molar-refractivity contribution in [1.29, 1.82) is 0 Å². The van der Waals surface area contributed by atoms with E-state index in [1.807, 2.05) is 24.3 Å². The van der Waals surface area contributed by atoms with Crippen molar-refractivity contribution in [1.82, 2.24) is 4.90 Å². The van der Waals surface area contributed by atoms with Crippen molar-refractivity contribution in [2.45, 2.75) is 26.0 Å². The molecule has 0 radical (unpaired) electrons. The monoisotopic (exact) mass is 359 g/mol. The molecule has 0 amide bonds. The van der Waals surface area contributed by atoms with Gasteiger partial charge in [0.25, 0.3) is 0 Å². The van der Waals surface area contributed by atoms with Crippen LogP contribution in [0, 0.1) is 5.92 Å². The summed E-state index contributed by atoms with van der Waals surface area (Å²) in [5.74, 6) is 1.50. The lowest BCUT2D eigenvalue weighted by Gasteiger charge is -2.37. The van der Waals surface area contributed by atoms with Crippen LogP contribution in [0.3, 0.4) is 0 Å². The number of piperidine rings is 1. The lowest BCUT2D eigenvalue weighted by Crippen LogP contribution is -2.43. The molecule has 116 valence electrons. The highest BCUT2D eigenvalue weighted by Crippen LogP contribution is 2.25. The van der Waals surface area contributed by atoms with Gasteiger partial charge in [-0.25, -0.2) is 0 Å². The van der Waals surface area contributed by atoms with E-state index in [9.17, 15) is 0 Å². The Hall–Kier alpha value is -1.32. The van der Waals surface area contributed by atoms with Crippen molar-refractivity contribution in [2.75, 3.05) is 13.1 Å². The molecule has 22 heavy (non-hydrogen) atoms. The summed E-state index contributed by atoms with van der Waals surface area (Å²) in [5.41, 5.74) is 1.39. The quantitative estimate of drug-likeness (QED) is 0.781. The van der Waals surface area contributed by atoms with Gasteiger partial charge in [-0.1, -0.05) is 59.3 Å². The van der Waals surface area contributed by atoms with Crippen molar-refractivity contribution in [3.05, 3.63) is 64.6 Å². The molecular formula is C19H22BrNO. The Morgan fingerprint density at radius 1 is 1.14 bits per heavy atom. The average Bonchev–Trinajstić information content (AvgIpc) is 2.51. The van der Waals surface area contributed by atoms with Gasteiger partial charge in [0.1, 0.15) is 11.9 Å². The summed E-state index contributed by atoms with van der Waals surface area (Å²) in [7, 11) is 0. The summed E-state index contributed by atoms with van der Waals surface area (Å²) in [6, 6.07) is 18.8. The van der Waals surface area contributed by atoms with Gasteiger partial charge in [0.05, 0.1) is 0 Å². The van der Waals surface area contributed by atoms with Crippen LogP contribution in [-0.4, -0.2) is 24.1 Å². The molecule has 3 heteroatoms. The van der Waals surface area contributed by atoms with Crippen molar-refractivity contribution >= 4 is 15.9 Å². The zero-order chi connectivity index (χ0) is 15.4. The largest absolute Gasteiger partial charge is 0.490 e. The third-order valence-corrected chi connectivity index (χ3v) is 4.74. The van der Waals surface area contributed by atoms with Gasteiger partial charge in [-0.3, -0.25) is 4.90 Å². The van der Waals surface area contributed by atoms with Gasteiger partial charge in [-0.05, 0) is 30.2 Å². The van der Waals surface area contributed by atoms with E-state index in [2.05, 4.69) is 58.1 Å². The predicted molar refractivity (Wildman–Crippen MR) is 94.1 cm³/mol.